The highest BCUT2D eigenvalue weighted by atomic mass is 16.9. The predicted molar refractivity (Wildman–Crippen MR) is 59.6 cm³/mol. The van der Waals surface area contributed by atoms with Crippen LogP contribution in [0, 0.1) is 0 Å². The summed E-state index contributed by atoms with van der Waals surface area (Å²) in [6.07, 6.45) is -1.09. The van der Waals surface area contributed by atoms with Gasteiger partial charge in [0.25, 0.3) is 0 Å². The van der Waals surface area contributed by atoms with Crippen molar-refractivity contribution >= 4 is 0 Å². The lowest BCUT2D eigenvalue weighted by Crippen LogP contribution is -2.61. The van der Waals surface area contributed by atoms with E-state index in [0.29, 0.717) is 6.61 Å². The van der Waals surface area contributed by atoms with Gasteiger partial charge in [-0.2, -0.15) is 0 Å². The van der Waals surface area contributed by atoms with E-state index < -0.39 is 23.8 Å². The summed E-state index contributed by atoms with van der Waals surface area (Å²) in [5.41, 5.74) is 0. The third-order valence-corrected chi connectivity index (χ3v) is 3.63. The van der Waals surface area contributed by atoms with Crippen molar-refractivity contribution in [3.05, 3.63) is 0 Å². The Bertz CT molecular complexity index is 333. The van der Waals surface area contributed by atoms with E-state index in [1.165, 1.54) is 0 Å². The van der Waals surface area contributed by atoms with Crippen LogP contribution in [-0.2, 0) is 23.7 Å². The predicted octanol–water partition coefficient (Wildman–Crippen LogP) is 0.377. The molecule has 18 heavy (non-hydrogen) atoms. The van der Waals surface area contributed by atoms with Gasteiger partial charge in [0.15, 0.2) is 12.1 Å². The van der Waals surface area contributed by atoms with Crippen molar-refractivity contribution in [3.8, 4) is 0 Å². The molecule has 6 nitrogen and oxygen atoms in total. The van der Waals surface area contributed by atoms with Gasteiger partial charge in [-0.15, -0.1) is 0 Å². The van der Waals surface area contributed by atoms with E-state index in [1.807, 2.05) is 6.92 Å². The summed E-state index contributed by atoms with van der Waals surface area (Å²) in [6, 6.07) is 0. The summed E-state index contributed by atoms with van der Waals surface area (Å²) in [7, 11) is 0. The van der Waals surface area contributed by atoms with Crippen LogP contribution in [0.2, 0.25) is 0 Å². The van der Waals surface area contributed by atoms with E-state index >= 15 is 0 Å². The molecule has 3 rings (SSSR count). The summed E-state index contributed by atoms with van der Waals surface area (Å²) >= 11 is 0. The molecule has 3 aliphatic heterocycles. The molecule has 0 aliphatic carbocycles. The molecule has 3 heterocycles. The number of hydrogen-bond acceptors (Lipinski definition) is 6. The number of aliphatic hydroxyl groups is 1. The Morgan fingerprint density at radius 1 is 1.22 bits per heavy atom. The maximum atomic E-state index is 10.4. The monoisotopic (exact) mass is 260 g/mol. The molecule has 0 aromatic carbocycles. The fourth-order valence-electron chi connectivity index (χ4n) is 2.70. The maximum Gasteiger partial charge on any atom is 0.224 e. The van der Waals surface area contributed by atoms with Crippen LogP contribution in [0.5, 0.6) is 0 Å². The van der Waals surface area contributed by atoms with Crippen molar-refractivity contribution in [1.29, 1.82) is 0 Å². The lowest BCUT2D eigenvalue weighted by atomic mass is 9.97. The Balaban J connectivity index is 1.77. The molecule has 1 spiro atoms. The molecule has 0 aromatic heterocycles. The van der Waals surface area contributed by atoms with Crippen molar-refractivity contribution in [3.63, 3.8) is 0 Å². The summed E-state index contributed by atoms with van der Waals surface area (Å²) in [6.45, 7) is 6.11. The molecule has 0 amide bonds. The minimum Gasteiger partial charge on any atom is -0.385 e. The van der Waals surface area contributed by atoms with Crippen LogP contribution in [0.25, 0.3) is 0 Å². The smallest absolute Gasteiger partial charge is 0.224 e. The highest BCUT2D eigenvalue weighted by molar-refractivity contribution is 4.99. The summed E-state index contributed by atoms with van der Waals surface area (Å²) in [4.78, 5) is 0. The van der Waals surface area contributed by atoms with Crippen molar-refractivity contribution in [2.45, 2.75) is 63.4 Å². The van der Waals surface area contributed by atoms with Crippen molar-refractivity contribution in [2.75, 3.05) is 13.2 Å². The van der Waals surface area contributed by atoms with Crippen LogP contribution in [0.3, 0.4) is 0 Å². The molecular formula is C12H20O6. The van der Waals surface area contributed by atoms with Gasteiger partial charge < -0.3 is 28.8 Å². The first-order chi connectivity index (χ1) is 8.46. The topological polar surface area (TPSA) is 66.4 Å². The number of aliphatic hydroxyl groups excluding tert-OH is 1. The van der Waals surface area contributed by atoms with Gasteiger partial charge in [0.05, 0.1) is 6.61 Å². The molecule has 3 aliphatic rings. The van der Waals surface area contributed by atoms with Crippen LogP contribution in [0.1, 0.15) is 27.2 Å². The van der Waals surface area contributed by atoms with Crippen LogP contribution in [-0.4, -0.2) is 54.5 Å². The fraction of sp³-hybridized carbons (Fsp3) is 1.00. The van der Waals surface area contributed by atoms with Crippen LogP contribution >= 0.6 is 0 Å². The van der Waals surface area contributed by atoms with Gasteiger partial charge in [-0.05, 0) is 20.3 Å². The summed E-state index contributed by atoms with van der Waals surface area (Å²) in [5.74, 6) is -1.88. The zero-order chi connectivity index (χ0) is 13.0. The standard InChI is InChI=1S/C12H20O6/c1-4-8-16-7-5-14-12(10(13)9(7)17-8)6-15-11(2,3)18-12/h7-10,13H,4-6H2,1-3H3. The molecule has 3 fully saturated rings. The van der Waals surface area contributed by atoms with Gasteiger partial charge in [0.1, 0.15) is 24.9 Å². The van der Waals surface area contributed by atoms with E-state index in [4.69, 9.17) is 23.7 Å². The summed E-state index contributed by atoms with van der Waals surface area (Å²) in [5, 5.41) is 10.4. The Hall–Kier alpha value is -0.240. The van der Waals surface area contributed by atoms with Crippen LogP contribution in [0.15, 0.2) is 0 Å². The highest BCUT2D eigenvalue weighted by Gasteiger charge is 2.60. The molecule has 5 unspecified atom stereocenters. The second-order valence-electron chi connectivity index (χ2n) is 5.47. The average Bonchev–Trinajstić information content (AvgIpc) is 2.87. The fourth-order valence-corrected chi connectivity index (χ4v) is 2.70. The zero-order valence-electron chi connectivity index (χ0n) is 10.9. The molecule has 0 saturated carbocycles. The van der Waals surface area contributed by atoms with Gasteiger partial charge in [0, 0.05) is 0 Å². The minimum atomic E-state index is -1.13. The molecular weight excluding hydrogens is 240 g/mol. The molecule has 3 saturated heterocycles. The Morgan fingerprint density at radius 3 is 2.61 bits per heavy atom. The molecule has 0 bridgehead atoms. The van der Waals surface area contributed by atoms with Crippen LogP contribution in [0.4, 0.5) is 0 Å². The average molecular weight is 260 g/mol. The molecule has 1 N–H and O–H groups in total. The van der Waals surface area contributed by atoms with E-state index in [9.17, 15) is 5.11 Å². The first kappa shape index (κ1) is 12.8. The van der Waals surface area contributed by atoms with Gasteiger partial charge >= 0.3 is 0 Å². The Labute approximate surface area is 106 Å². The lowest BCUT2D eigenvalue weighted by Gasteiger charge is -2.41. The van der Waals surface area contributed by atoms with E-state index in [-0.39, 0.29) is 19.0 Å². The first-order valence-corrected chi connectivity index (χ1v) is 6.43. The Morgan fingerprint density at radius 2 is 2.00 bits per heavy atom. The number of hydrogen-bond donors (Lipinski definition) is 1. The molecule has 0 aromatic rings. The number of ether oxygens (including phenoxy) is 5. The quantitative estimate of drug-likeness (QED) is 0.735. The third-order valence-electron chi connectivity index (χ3n) is 3.63. The van der Waals surface area contributed by atoms with E-state index in [1.54, 1.807) is 13.8 Å². The molecule has 0 radical (unpaired) electrons. The van der Waals surface area contributed by atoms with Gasteiger partial charge in [0.2, 0.25) is 5.79 Å². The Kier molecular flexibility index (Phi) is 2.93. The zero-order valence-corrected chi connectivity index (χ0v) is 10.9. The first-order valence-electron chi connectivity index (χ1n) is 6.43. The van der Waals surface area contributed by atoms with Gasteiger partial charge in [-0.3, -0.25) is 0 Å². The SMILES string of the molecule is CCC1OC2COC3(COC(C)(C)O3)C(O)C2O1. The van der Waals surface area contributed by atoms with Crippen LogP contribution < -0.4 is 0 Å². The second-order valence-corrected chi connectivity index (χ2v) is 5.47. The normalized spacial score (nSPS) is 50.7. The lowest BCUT2D eigenvalue weighted by molar-refractivity contribution is -0.326. The van der Waals surface area contributed by atoms with Crippen molar-refractivity contribution < 1.29 is 28.8 Å². The van der Waals surface area contributed by atoms with Gasteiger partial charge in [-0.25, -0.2) is 0 Å². The number of fused-ring (bicyclic) bond motifs is 1. The van der Waals surface area contributed by atoms with Crippen molar-refractivity contribution in [1.82, 2.24) is 0 Å². The van der Waals surface area contributed by atoms with Gasteiger partial charge in [-0.1, -0.05) is 6.92 Å². The minimum absolute atomic E-state index is 0.199. The second kappa shape index (κ2) is 4.13. The third kappa shape index (κ3) is 1.88. The molecule has 5 atom stereocenters. The largest absolute Gasteiger partial charge is 0.385 e. The highest BCUT2D eigenvalue weighted by Crippen LogP contribution is 2.42. The number of rotatable bonds is 1. The van der Waals surface area contributed by atoms with E-state index in [0.717, 1.165) is 6.42 Å². The van der Waals surface area contributed by atoms with E-state index in [2.05, 4.69) is 0 Å². The van der Waals surface area contributed by atoms with Crippen molar-refractivity contribution in [2.24, 2.45) is 0 Å². The maximum absolute atomic E-state index is 10.4. The molecule has 104 valence electrons. The molecule has 6 heteroatoms. The summed E-state index contributed by atoms with van der Waals surface area (Å²) < 4.78 is 28.2.